The normalized spacial score (nSPS) is 18.4. The Morgan fingerprint density at radius 3 is 2.36 bits per heavy atom. The van der Waals surface area contributed by atoms with Gasteiger partial charge in [-0.3, -0.25) is 4.79 Å². The lowest BCUT2D eigenvalue weighted by Crippen LogP contribution is -2.44. The molecule has 0 saturated carbocycles. The van der Waals surface area contributed by atoms with Gasteiger partial charge in [-0.05, 0) is 52.5 Å². The van der Waals surface area contributed by atoms with Crippen LogP contribution in [0.1, 0.15) is 45.1 Å². The molecule has 10 heteroatoms. The summed E-state index contributed by atoms with van der Waals surface area (Å²) in [6.07, 6.45) is 3.52. The molecule has 0 fully saturated rings. The van der Waals surface area contributed by atoms with Crippen molar-refractivity contribution >= 4 is 49.0 Å². The molecule has 1 heterocycles. The number of nitrogens with one attached hydrogen (secondary N) is 1. The number of carboxylic acids is 1. The van der Waals surface area contributed by atoms with Crippen LogP contribution in [0, 0.1) is 5.41 Å². The summed E-state index contributed by atoms with van der Waals surface area (Å²) in [6, 6.07) is 20.8. The van der Waals surface area contributed by atoms with Crippen molar-refractivity contribution in [3.8, 4) is 5.75 Å². The number of fused-ring (bicyclic) bond motifs is 1. The van der Waals surface area contributed by atoms with E-state index in [4.69, 9.17) is 4.74 Å². The minimum Gasteiger partial charge on any atom is -0.483 e. The number of carbonyl (C=O) groups is 2. The summed E-state index contributed by atoms with van der Waals surface area (Å²) in [6.45, 7) is 4.23. The van der Waals surface area contributed by atoms with E-state index in [2.05, 4.69) is 40.0 Å². The fraction of sp³-hybridized carbons (Fsp3) is 0.375. The Bertz CT molecular complexity index is 1500. The number of hydrogen-bond acceptors (Lipinski definition) is 6. The molecule has 0 aromatic heterocycles. The van der Waals surface area contributed by atoms with E-state index in [1.165, 1.54) is 6.07 Å². The van der Waals surface area contributed by atoms with Crippen LogP contribution in [0.5, 0.6) is 5.75 Å². The minimum atomic E-state index is -3.73. The van der Waals surface area contributed by atoms with Gasteiger partial charge < -0.3 is 20.1 Å². The molecule has 4 rings (SSSR count). The predicted octanol–water partition coefficient (Wildman–Crippen LogP) is 6.15. The van der Waals surface area contributed by atoms with Crippen molar-refractivity contribution in [1.29, 1.82) is 0 Å². The zero-order chi connectivity index (χ0) is 30.3. The molecule has 0 aliphatic carbocycles. The Morgan fingerprint density at radius 2 is 1.74 bits per heavy atom. The van der Waals surface area contributed by atoms with Gasteiger partial charge in [-0.15, -0.1) is 0 Å². The summed E-state index contributed by atoms with van der Waals surface area (Å²) in [5, 5.41) is 12.1. The second kappa shape index (κ2) is 13.7. The third-order valence-corrected chi connectivity index (χ3v) is 10.4. The minimum absolute atomic E-state index is 0.00810. The molecule has 0 bridgehead atoms. The SMILES string of the molecule is CCCCC1(CC)CN(c2ccccc2)c2cc(Br)c(OCC(=O)N[C@H](Cc3ccccc3)C(=O)O)cc2S(=O)(=O)C1. The van der Waals surface area contributed by atoms with Gasteiger partial charge in [-0.1, -0.05) is 75.2 Å². The van der Waals surface area contributed by atoms with E-state index in [1.807, 2.05) is 36.4 Å². The number of para-hydroxylation sites is 1. The first-order valence-corrected chi connectivity index (χ1v) is 16.6. The maximum atomic E-state index is 14.0. The van der Waals surface area contributed by atoms with Crippen molar-refractivity contribution in [2.24, 2.45) is 5.41 Å². The topological polar surface area (TPSA) is 113 Å². The Hall–Kier alpha value is -3.37. The summed E-state index contributed by atoms with van der Waals surface area (Å²) < 4.78 is 34.2. The molecule has 224 valence electrons. The molecule has 2 N–H and O–H groups in total. The van der Waals surface area contributed by atoms with Crippen LogP contribution < -0.4 is 15.0 Å². The number of sulfone groups is 1. The Balaban J connectivity index is 1.62. The molecule has 0 radical (unpaired) electrons. The third-order valence-electron chi connectivity index (χ3n) is 7.78. The molecule has 1 aliphatic heterocycles. The molecule has 3 aromatic rings. The molecule has 2 atom stereocenters. The number of benzene rings is 3. The number of nitrogens with zero attached hydrogens (tertiary/aromatic N) is 1. The summed E-state index contributed by atoms with van der Waals surface area (Å²) in [5.74, 6) is -1.59. The number of hydrogen-bond donors (Lipinski definition) is 2. The van der Waals surface area contributed by atoms with E-state index in [0.717, 1.165) is 30.5 Å². The van der Waals surface area contributed by atoms with Crippen molar-refractivity contribution < 1.29 is 27.9 Å². The lowest BCUT2D eigenvalue weighted by molar-refractivity contribution is -0.142. The van der Waals surface area contributed by atoms with E-state index < -0.39 is 39.8 Å². The summed E-state index contributed by atoms with van der Waals surface area (Å²) in [5.41, 5.74) is 1.77. The zero-order valence-corrected chi connectivity index (χ0v) is 26.3. The van der Waals surface area contributed by atoms with Crippen molar-refractivity contribution in [3.63, 3.8) is 0 Å². The number of amides is 1. The predicted molar refractivity (Wildman–Crippen MR) is 167 cm³/mol. The second-order valence-corrected chi connectivity index (χ2v) is 13.6. The number of ether oxygens (including phenoxy) is 1. The molecule has 0 saturated heterocycles. The van der Waals surface area contributed by atoms with Crippen LogP contribution in [0.2, 0.25) is 0 Å². The molecule has 1 aliphatic rings. The molecule has 1 unspecified atom stereocenters. The Labute approximate surface area is 256 Å². The lowest BCUT2D eigenvalue weighted by atomic mass is 9.81. The summed E-state index contributed by atoms with van der Waals surface area (Å²) in [7, 11) is -3.73. The highest BCUT2D eigenvalue weighted by atomic mass is 79.9. The number of carbonyl (C=O) groups excluding carboxylic acids is 1. The van der Waals surface area contributed by atoms with Gasteiger partial charge in [0, 0.05) is 30.1 Å². The van der Waals surface area contributed by atoms with Crippen molar-refractivity contribution in [1.82, 2.24) is 5.32 Å². The van der Waals surface area contributed by atoms with Gasteiger partial charge in [-0.2, -0.15) is 0 Å². The van der Waals surface area contributed by atoms with Crippen LogP contribution in [0.25, 0.3) is 0 Å². The standard InChI is InChI=1S/C32H37BrN2O6S/c1-3-5-16-32(4-2)21-35(24-14-10-7-11-15-24)27-18-25(33)28(19-29(27)42(39,40)22-32)41-20-30(36)34-26(31(37)38)17-23-12-8-6-9-13-23/h6-15,18-19,26H,3-5,16-17,20-22H2,1-2H3,(H,34,36)(H,37,38)/t26-,32?/m1/s1. The van der Waals surface area contributed by atoms with Crippen LogP contribution in [0.15, 0.2) is 82.2 Å². The van der Waals surface area contributed by atoms with E-state index in [0.29, 0.717) is 23.1 Å². The van der Waals surface area contributed by atoms with Crippen LogP contribution >= 0.6 is 15.9 Å². The Morgan fingerprint density at radius 1 is 1.07 bits per heavy atom. The van der Waals surface area contributed by atoms with Crippen molar-refractivity contribution in [2.75, 3.05) is 23.8 Å². The maximum Gasteiger partial charge on any atom is 0.326 e. The van der Waals surface area contributed by atoms with Crippen LogP contribution in [0.3, 0.4) is 0 Å². The smallest absolute Gasteiger partial charge is 0.326 e. The van der Waals surface area contributed by atoms with Crippen LogP contribution in [0.4, 0.5) is 11.4 Å². The highest BCUT2D eigenvalue weighted by Gasteiger charge is 2.42. The molecular weight excluding hydrogens is 620 g/mol. The first-order chi connectivity index (χ1) is 20.1. The van der Waals surface area contributed by atoms with Gasteiger partial charge in [0.1, 0.15) is 11.8 Å². The van der Waals surface area contributed by atoms with Crippen molar-refractivity contribution in [2.45, 2.75) is 56.9 Å². The number of carboxylic acid groups (broad SMARTS) is 1. The number of halogens is 1. The lowest BCUT2D eigenvalue weighted by Gasteiger charge is -2.36. The summed E-state index contributed by atoms with van der Waals surface area (Å²) >= 11 is 3.52. The van der Waals surface area contributed by atoms with Crippen LogP contribution in [-0.2, 0) is 25.8 Å². The average molecular weight is 658 g/mol. The number of unbranched alkanes of at least 4 members (excludes halogenated alkanes) is 1. The average Bonchev–Trinajstić information content (AvgIpc) is 3.07. The van der Waals surface area contributed by atoms with Gasteiger partial charge in [0.15, 0.2) is 16.4 Å². The van der Waals surface area contributed by atoms with E-state index >= 15 is 0 Å². The number of aliphatic carboxylic acids is 1. The first-order valence-electron chi connectivity index (χ1n) is 14.2. The molecule has 8 nitrogen and oxygen atoms in total. The van der Waals surface area contributed by atoms with E-state index in [-0.39, 0.29) is 22.8 Å². The number of anilines is 2. The highest BCUT2D eigenvalue weighted by Crippen LogP contribution is 2.46. The van der Waals surface area contributed by atoms with Gasteiger partial charge >= 0.3 is 5.97 Å². The number of rotatable bonds is 12. The van der Waals surface area contributed by atoms with Gasteiger partial charge in [-0.25, -0.2) is 13.2 Å². The molecule has 0 spiro atoms. The molecule has 1 amide bonds. The van der Waals surface area contributed by atoms with E-state index in [1.54, 1.807) is 30.3 Å². The zero-order valence-electron chi connectivity index (χ0n) is 23.9. The second-order valence-electron chi connectivity index (χ2n) is 10.8. The molecular formula is C32H37BrN2O6S. The third kappa shape index (κ3) is 7.52. The fourth-order valence-electron chi connectivity index (χ4n) is 5.40. The monoisotopic (exact) mass is 656 g/mol. The highest BCUT2D eigenvalue weighted by molar-refractivity contribution is 9.10. The van der Waals surface area contributed by atoms with Crippen LogP contribution in [-0.4, -0.2) is 50.3 Å². The van der Waals surface area contributed by atoms with E-state index in [9.17, 15) is 23.1 Å². The largest absolute Gasteiger partial charge is 0.483 e. The van der Waals surface area contributed by atoms with Gasteiger partial charge in [0.2, 0.25) is 0 Å². The van der Waals surface area contributed by atoms with Crippen molar-refractivity contribution in [3.05, 3.63) is 82.8 Å². The summed E-state index contributed by atoms with van der Waals surface area (Å²) in [4.78, 5) is 26.7. The quantitative estimate of drug-likeness (QED) is 0.240. The first kappa shape index (κ1) is 31.6. The fourth-order valence-corrected chi connectivity index (χ4v) is 8.02. The van der Waals surface area contributed by atoms with Gasteiger partial charge in [0.25, 0.3) is 5.91 Å². The van der Waals surface area contributed by atoms with Gasteiger partial charge in [0.05, 0.1) is 20.8 Å². The molecule has 3 aromatic carbocycles. The maximum absolute atomic E-state index is 14.0. The molecule has 42 heavy (non-hydrogen) atoms. The Kier molecular flexibility index (Phi) is 10.3.